The van der Waals surface area contributed by atoms with Gasteiger partial charge in [-0.05, 0) is 98.8 Å². The molecule has 7 rings (SSSR count). The smallest absolute Gasteiger partial charge is 0.138 e. The second-order valence-corrected chi connectivity index (χ2v) is 11.3. The third-order valence-corrected chi connectivity index (χ3v) is 8.50. The molecule has 1 aromatic carbocycles. The summed E-state index contributed by atoms with van der Waals surface area (Å²) in [6, 6.07) is 17.4. The maximum absolute atomic E-state index is 4.69. The van der Waals surface area contributed by atoms with Gasteiger partial charge in [-0.2, -0.15) is 5.10 Å². The van der Waals surface area contributed by atoms with E-state index in [1.807, 2.05) is 18.6 Å². The minimum absolute atomic E-state index is 0.736. The van der Waals surface area contributed by atoms with Crippen LogP contribution in [-0.4, -0.2) is 38.2 Å². The van der Waals surface area contributed by atoms with Crippen molar-refractivity contribution in [3.8, 4) is 33.0 Å². The number of H-pyrrole nitrogens is 2. The number of piperidine rings is 1. The van der Waals surface area contributed by atoms with Crippen molar-refractivity contribution in [1.82, 2.24) is 30.5 Å². The van der Waals surface area contributed by atoms with Crippen molar-refractivity contribution in [2.45, 2.75) is 26.2 Å². The van der Waals surface area contributed by atoms with Crippen LogP contribution < -0.4 is 5.32 Å². The van der Waals surface area contributed by atoms with Gasteiger partial charge in [0.2, 0.25) is 0 Å². The fourth-order valence-corrected chi connectivity index (χ4v) is 6.43. The number of rotatable bonds is 5. The molecule has 0 aliphatic carbocycles. The van der Waals surface area contributed by atoms with Gasteiger partial charge in [-0.25, -0.2) is 4.98 Å². The van der Waals surface area contributed by atoms with Crippen LogP contribution in [0, 0.1) is 12.8 Å². The summed E-state index contributed by atoms with van der Waals surface area (Å²) < 4.78 is 0. The van der Waals surface area contributed by atoms with Crippen molar-refractivity contribution in [1.29, 1.82) is 0 Å². The van der Waals surface area contributed by atoms with E-state index in [-0.39, 0.29) is 0 Å². The number of thiophene rings is 1. The van der Waals surface area contributed by atoms with Gasteiger partial charge in [-0.15, -0.1) is 11.3 Å². The molecule has 0 saturated carbocycles. The van der Waals surface area contributed by atoms with E-state index in [1.54, 1.807) is 11.3 Å². The molecule has 0 unspecified atom stereocenters. The fraction of sp³-hybridized carbons (Fsp3) is 0.233. The summed E-state index contributed by atoms with van der Waals surface area (Å²) >= 11 is 1.80. The van der Waals surface area contributed by atoms with E-state index >= 15 is 0 Å². The van der Waals surface area contributed by atoms with E-state index in [2.05, 4.69) is 80.8 Å². The number of aromatic nitrogens is 5. The second kappa shape index (κ2) is 9.25. The zero-order valence-electron chi connectivity index (χ0n) is 20.7. The van der Waals surface area contributed by atoms with Gasteiger partial charge in [-0.3, -0.25) is 10.1 Å². The highest BCUT2D eigenvalue weighted by Gasteiger charge is 2.17. The van der Waals surface area contributed by atoms with E-state index in [0.717, 1.165) is 69.9 Å². The molecule has 5 aromatic heterocycles. The molecule has 0 amide bonds. The van der Waals surface area contributed by atoms with E-state index in [1.165, 1.54) is 33.7 Å². The molecule has 37 heavy (non-hydrogen) atoms. The maximum Gasteiger partial charge on any atom is 0.138 e. The Morgan fingerprint density at radius 3 is 2.73 bits per heavy atom. The van der Waals surface area contributed by atoms with Crippen LogP contribution in [0.15, 0.2) is 67.1 Å². The molecule has 0 spiro atoms. The highest BCUT2D eigenvalue weighted by molar-refractivity contribution is 7.15. The molecular formula is C30H28N6S. The number of nitrogens with zero attached hydrogens (tertiary/aromatic N) is 3. The van der Waals surface area contributed by atoms with Crippen LogP contribution in [0.3, 0.4) is 0 Å². The van der Waals surface area contributed by atoms with Crippen LogP contribution in [0.1, 0.15) is 23.3 Å². The topological polar surface area (TPSA) is 82.3 Å². The Labute approximate surface area is 219 Å². The highest BCUT2D eigenvalue weighted by atomic mass is 32.1. The van der Waals surface area contributed by atoms with E-state index in [4.69, 9.17) is 5.10 Å². The van der Waals surface area contributed by atoms with Gasteiger partial charge in [0.1, 0.15) is 11.3 Å². The number of pyridine rings is 2. The maximum atomic E-state index is 4.69. The summed E-state index contributed by atoms with van der Waals surface area (Å²) in [5, 5.41) is 13.6. The number of aromatic amines is 2. The van der Waals surface area contributed by atoms with E-state index in [9.17, 15) is 0 Å². The lowest BCUT2D eigenvalue weighted by molar-refractivity contribution is 0.372. The number of benzene rings is 1. The molecule has 1 saturated heterocycles. The number of hydrogen-bond acceptors (Lipinski definition) is 5. The molecule has 184 valence electrons. The number of hydrogen-bond donors (Lipinski definition) is 3. The quantitative estimate of drug-likeness (QED) is 0.243. The average molecular weight is 505 g/mol. The van der Waals surface area contributed by atoms with Crippen molar-refractivity contribution in [2.75, 3.05) is 13.1 Å². The van der Waals surface area contributed by atoms with Crippen LogP contribution in [0.5, 0.6) is 0 Å². The first-order valence-electron chi connectivity index (χ1n) is 12.9. The second-order valence-electron chi connectivity index (χ2n) is 10.0. The van der Waals surface area contributed by atoms with Crippen LogP contribution in [0.25, 0.3) is 54.9 Å². The van der Waals surface area contributed by atoms with Crippen LogP contribution in [-0.2, 0) is 6.42 Å². The Bertz CT molecular complexity index is 1720. The zero-order valence-corrected chi connectivity index (χ0v) is 21.5. The summed E-state index contributed by atoms with van der Waals surface area (Å²) in [5.41, 5.74) is 8.57. The SMILES string of the molecule is Cc1ccc(-c2ccnc3[nH]c(-c4n[nH]c5ccc(-c6cncc(CC7CCNCC7)c6)cc45)cc23)s1. The molecule has 3 N–H and O–H groups in total. The standard InChI is InChI=1S/C30H28N6S/c1-18-2-5-28(37-18)23-8-11-33-30-24(23)15-27(34-30)29-25-14-21(3-4-26(25)35-36-29)22-13-20(16-32-17-22)12-19-6-9-31-10-7-19/h2-5,8,11,13-17,19,31H,6-7,9-10,12H2,1H3,(H,33,34)(H,35,36). The average Bonchev–Trinajstić information content (AvgIpc) is 3.66. The highest BCUT2D eigenvalue weighted by Crippen LogP contribution is 2.36. The molecule has 0 radical (unpaired) electrons. The van der Waals surface area contributed by atoms with Gasteiger partial charge in [0.15, 0.2) is 0 Å². The molecule has 1 aliphatic rings. The Balaban J connectivity index is 1.26. The number of fused-ring (bicyclic) bond motifs is 2. The minimum atomic E-state index is 0.736. The first-order chi connectivity index (χ1) is 18.2. The normalized spacial score (nSPS) is 14.6. The molecule has 7 heteroatoms. The number of nitrogens with one attached hydrogen (secondary N) is 3. The van der Waals surface area contributed by atoms with Gasteiger partial charge >= 0.3 is 0 Å². The first kappa shape index (κ1) is 22.4. The molecule has 0 atom stereocenters. The predicted molar refractivity (Wildman–Crippen MR) is 152 cm³/mol. The third-order valence-electron chi connectivity index (χ3n) is 7.47. The lowest BCUT2D eigenvalue weighted by atomic mass is 9.91. The molecule has 6 heterocycles. The van der Waals surface area contributed by atoms with Crippen molar-refractivity contribution >= 4 is 33.3 Å². The largest absolute Gasteiger partial charge is 0.338 e. The summed E-state index contributed by atoms with van der Waals surface area (Å²) in [5.74, 6) is 0.736. The van der Waals surface area contributed by atoms with Gasteiger partial charge in [-0.1, -0.05) is 6.07 Å². The molecule has 0 bridgehead atoms. The van der Waals surface area contributed by atoms with Crippen molar-refractivity contribution < 1.29 is 0 Å². The van der Waals surface area contributed by atoms with Crippen molar-refractivity contribution in [3.05, 3.63) is 77.6 Å². The van der Waals surface area contributed by atoms with Crippen LogP contribution in [0.4, 0.5) is 0 Å². The lowest BCUT2D eigenvalue weighted by Crippen LogP contribution is -2.28. The monoisotopic (exact) mass is 504 g/mol. The van der Waals surface area contributed by atoms with Crippen molar-refractivity contribution in [3.63, 3.8) is 0 Å². The lowest BCUT2D eigenvalue weighted by Gasteiger charge is -2.22. The molecule has 6 nitrogen and oxygen atoms in total. The van der Waals surface area contributed by atoms with Crippen molar-refractivity contribution in [2.24, 2.45) is 5.92 Å². The Morgan fingerprint density at radius 1 is 0.946 bits per heavy atom. The molecule has 6 aromatic rings. The van der Waals surface area contributed by atoms with Crippen LogP contribution in [0.2, 0.25) is 0 Å². The fourth-order valence-electron chi connectivity index (χ4n) is 5.52. The van der Waals surface area contributed by atoms with Gasteiger partial charge in [0, 0.05) is 50.2 Å². The summed E-state index contributed by atoms with van der Waals surface area (Å²) in [6.45, 7) is 4.38. The zero-order chi connectivity index (χ0) is 24.8. The molecule has 1 aliphatic heterocycles. The molecule has 1 fully saturated rings. The predicted octanol–water partition coefficient (Wildman–Crippen LogP) is 6.75. The summed E-state index contributed by atoms with van der Waals surface area (Å²) in [6.07, 6.45) is 9.43. The minimum Gasteiger partial charge on any atom is -0.338 e. The Morgan fingerprint density at radius 2 is 1.86 bits per heavy atom. The summed E-state index contributed by atoms with van der Waals surface area (Å²) in [4.78, 5) is 15.3. The molecular weight excluding hydrogens is 476 g/mol. The third kappa shape index (κ3) is 4.24. The summed E-state index contributed by atoms with van der Waals surface area (Å²) in [7, 11) is 0. The van der Waals surface area contributed by atoms with E-state index in [0.29, 0.717) is 0 Å². The van der Waals surface area contributed by atoms with Gasteiger partial charge in [0.25, 0.3) is 0 Å². The van der Waals surface area contributed by atoms with E-state index < -0.39 is 0 Å². The van der Waals surface area contributed by atoms with Crippen LogP contribution >= 0.6 is 11.3 Å². The number of aryl methyl sites for hydroxylation is 1. The first-order valence-corrected chi connectivity index (χ1v) is 13.7. The Kier molecular flexibility index (Phi) is 5.60. The van der Waals surface area contributed by atoms with Gasteiger partial charge in [0.05, 0.1) is 11.2 Å². The Hall–Kier alpha value is -3.81. The van der Waals surface area contributed by atoms with Gasteiger partial charge < -0.3 is 10.3 Å².